The van der Waals surface area contributed by atoms with E-state index in [4.69, 9.17) is 13.9 Å². The van der Waals surface area contributed by atoms with E-state index in [0.717, 1.165) is 19.4 Å². The van der Waals surface area contributed by atoms with E-state index in [9.17, 15) is 4.79 Å². The molecule has 1 saturated heterocycles. The van der Waals surface area contributed by atoms with Gasteiger partial charge in [-0.1, -0.05) is 0 Å². The quantitative estimate of drug-likeness (QED) is 0.826. The summed E-state index contributed by atoms with van der Waals surface area (Å²) in [6.45, 7) is 4.84. The second-order valence-corrected chi connectivity index (χ2v) is 4.31. The van der Waals surface area contributed by atoms with Crippen molar-refractivity contribution in [2.45, 2.75) is 38.8 Å². The Morgan fingerprint density at radius 3 is 3.22 bits per heavy atom. The Labute approximate surface area is 106 Å². The fourth-order valence-corrected chi connectivity index (χ4v) is 1.94. The van der Waals surface area contributed by atoms with Crippen LogP contribution in [0.15, 0.2) is 10.7 Å². The summed E-state index contributed by atoms with van der Waals surface area (Å²) in [6.07, 6.45) is 3.34. The van der Waals surface area contributed by atoms with Crippen LogP contribution in [0.25, 0.3) is 0 Å². The molecule has 2 heterocycles. The van der Waals surface area contributed by atoms with Crippen LogP contribution < -0.4 is 5.32 Å². The van der Waals surface area contributed by atoms with Gasteiger partial charge in [0.2, 0.25) is 0 Å². The summed E-state index contributed by atoms with van der Waals surface area (Å²) in [4.78, 5) is 15.5. The molecule has 2 rings (SSSR count). The predicted octanol–water partition coefficient (Wildman–Crippen LogP) is 1.83. The second-order valence-electron chi connectivity index (χ2n) is 4.31. The Morgan fingerprint density at radius 1 is 1.67 bits per heavy atom. The first kappa shape index (κ1) is 12.9. The van der Waals surface area contributed by atoms with Crippen LogP contribution in [0, 0.1) is 0 Å². The zero-order valence-corrected chi connectivity index (χ0v) is 10.6. The molecule has 0 amide bonds. The van der Waals surface area contributed by atoms with E-state index >= 15 is 0 Å². The minimum atomic E-state index is -0.463. The maximum Gasteiger partial charge on any atom is 0.360 e. The minimum absolute atomic E-state index is 0.194. The highest BCUT2D eigenvalue weighted by molar-refractivity contribution is 5.87. The molecule has 2 atom stereocenters. The van der Waals surface area contributed by atoms with Gasteiger partial charge >= 0.3 is 5.97 Å². The van der Waals surface area contributed by atoms with E-state index in [0.29, 0.717) is 12.6 Å². The fraction of sp³-hybridized carbons (Fsp3) is 0.667. The zero-order chi connectivity index (χ0) is 13.0. The average molecular weight is 254 g/mol. The smallest absolute Gasteiger partial charge is 0.360 e. The number of hydrogen-bond acceptors (Lipinski definition) is 6. The monoisotopic (exact) mass is 254 g/mol. The van der Waals surface area contributed by atoms with E-state index in [-0.39, 0.29) is 17.8 Å². The number of aromatic nitrogens is 1. The molecule has 0 radical (unpaired) electrons. The van der Waals surface area contributed by atoms with Crippen molar-refractivity contribution in [2.24, 2.45) is 0 Å². The van der Waals surface area contributed by atoms with Gasteiger partial charge in [0.15, 0.2) is 5.69 Å². The Balaban J connectivity index is 1.91. The van der Waals surface area contributed by atoms with Gasteiger partial charge in [-0.2, -0.15) is 4.98 Å². The SMILES string of the molecule is CCOC(=O)c1coc(NC2CCOC(C)C2)n1. The van der Waals surface area contributed by atoms with Crippen LogP contribution in [0.1, 0.15) is 37.2 Å². The van der Waals surface area contributed by atoms with Crippen molar-refractivity contribution in [3.63, 3.8) is 0 Å². The summed E-state index contributed by atoms with van der Waals surface area (Å²) in [7, 11) is 0. The van der Waals surface area contributed by atoms with Gasteiger partial charge in [0.1, 0.15) is 6.26 Å². The normalized spacial score (nSPS) is 23.7. The average Bonchev–Trinajstić information content (AvgIpc) is 2.78. The van der Waals surface area contributed by atoms with Crippen molar-refractivity contribution in [3.05, 3.63) is 12.0 Å². The number of nitrogens with one attached hydrogen (secondary N) is 1. The molecule has 0 bridgehead atoms. The van der Waals surface area contributed by atoms with Gasteiger partial charge in [-0.25, -0.2) is 4.79 Å². The second kappa shape index (κ2) is 5.86. The number of hydrogen-bond donors (Lipinski definition) is 1. The molecule has 2 unspecified atom stereocenters. The molecule has 0 aromatic carbocycles. The number of oxazole rings is 1. The van der Waals surface area contributed by atoms with Crippen LogP contribution in [-0.2, 0) is 9.47 Å². The zero-order valence-electron chi connectivity index (χ0n) is 10.6. The first-order chi connectivity index (χ1) is 8.69. The predicted molar refractivity (Wildman–Crippen MR) is 64.5 cm³/mol. The van der Waals surface area contributed by atoms with Crippen LogP contribution in [-0.4, -0.2) is 36.3 Å². The first-order valence-electron chi connectivity index (χ1n) is 6.19. The summed E-state index contributed by atoms with van der Waals surface area (Å²) in [6, 6.07) is 0.625. The third-order valence-corrected chi connectivity index (χ3v) is 2.80. The van der Waals surface area contributed by atoms with Crippen molar-refractivity contribution in [1.82, 2.24) is 4.98 Å². The van der Waals surface area contributed by atoms with Crippen LogP contribution in [0.3, 0.4) is 0 Å². The van der Waals surface area contributed by atoms with Crippen LogP contribution in [0.2, 0.25) is 0 Å². The number of carbonyl (C=O) groups excluding carboxylic acids is 1. The molecule has 100 valence electrons. The number of ether oxygens (including phenoxy) is 2. The lowest BCUT2D eigenvalue weighted by Crippen LogP contribution is -2.32. The minimum Gasteiger partial charge on any atom is -0.461 e. The highest BCUT2D eigenvalue weighted by Crippen LogP contribution is 2.18. The van der Waals surface area contributed by atoms with Crippen LogP contribution in [0.5, 0.6) is 0 Å². The Morgan fingerprint density at radius 2 is 2.50 bits per heavy atom. The van der Waals surface area contributed by atoms with Crippen LogP contribution >= 0.6 is 0 Å². The van der Waals surface area contributed by atoms with Gasteiger partial charge < -0.3 is 19.2 Å². The van der Waals surface area contributed by atoms with Crippen molar-refractivity contribution in [1.29, 1.82) is 0 Å². The molecule has 1 aliphatic rings. The third-order valence-electron chi connectivity index (χ3n) is 2.80. The number of anilines is 1. The molecule has 18 heavy (non-hydrogen) atoms. The molecule has 6 heteroatoms. The Bertz CT molecular complexity index is 405. The Hall–Kier alpha value is -1.56. The maximum absolute atomic E-state index is 11.4. The number of carbonyl (C=O) groups is 1. The van der Waals surface area contributed by atoms with E-state index in [1.807, 2.05) is 6.92 Å². The van der Waals surface area contributed by atoms with Gasteiger partial charge in [0, 0.05) is 12.6 Å². The molecule has 1 N–H and O–H groups in total. The molecular formula is C12H18N2O4. The highest BCUT2D eigenvalue weighted by atomic mass is 16.5. The van der Waals surface area contributed by atoms with Crippen molar-refractivity contribution < 1.29 is 18.7 Å². The van der Waals surface area contributed by atoms with Crippen molar-refractivity contribution >= 4 is 12.0 Å². The molecule has 0 aliphatic carbocycles. The Kier molecular flexibility index (Phi) is 4.19. The van der Waals surface area contributed by atoms with Gasteiger partial charge in [0.25, 0.3) is 6.01 Å². The highest BCUT2D eigenvalue weighted by Gasteiger charge is 2.21. The van der Waals surface area contributed by atoms with Crippen LogP contribution in [0.4, 0.5) is 6.01 Å². The lowest BCUT2D eigenvalue weighted by molar-refractivity contribution is 0.0229. The summed E-state index contributed by atoms with van der Waals surface area (Å²) in [5, 5.41) is 3.16. The van der Waals surface area contributed by atoms with E-state index in [1.165, 1.54) is 6.26 Å². The number of rotatable bonds is 4. The lowest BCUT2D eigenvalue weighted by Gasteiger charge is -2.27. The topological polar surface area (TPSA) is 73.6 Å². The standard InChI is InChI=1S/C12H18N2O4/c1-3-16-11(15)10-7-18-12(14-10)13-9-4-5-17-8(2)6-9/h7-9H,3-6H2,1-2H3,(H,13,14). The summed E-state index contributed by atoms with van der Waals surface area (Å²) < 4.78 is 15.5. The lowest BCUT2D eigenvalue weighted by atomic mass is 10.1. The van der Waals surface area contributed by atoms with Crippen molar-refractivity contribution in [2.75, 3.05) is 18.5 Å². The molecule has 1 aliphatic heterocycles. The molecule has 0 spiro atoms. The summed E-state index contributed by atoms with van der Waals surface area (Å²) >= 11 is 0. The van der Waals surface area contributed by atoms with Crippen molar-refractivity contribution in [3.8, 4) is 0 Å². The van der Waals surface area contributed by atoms with Gasteiger partial charge in [-0.05, 0) is 26.7 Å². The summed E-state index contributed by atoms with van der Waals surface area (Å²) in [5.74, 6) is -0.463. The van der Waals surface area contributed by atoms with E-state index < -0.39 is 5.97 Å². The largest absolute Gasteiger partial charge is 0.461 e. The van der Waals surface area contributed by atoms with E-state index in [1.54, 1.807) is 6.92 Å². The number of esters is 1. The van der Waals surface area contributed by atoms with Gasteiger partial charge in [0.05, 0.1) is 12.7 Å². The summed E-state index contributed by atoms with van der Waals surface area (Å²) in [5.41, 5.74) is 0.194. The maximum atomic E-state index is 11.4. The molecule has 6 nitrogen and oxygen atoms in total. The van der Waals surface area contributed by atoms with Gasteiger partial charge in [-0.15, -0.1) is 0 Å². The third kappa shape index (κ3) is 3.22. The molecule has 1 aromatic heterocycles. The molecule has 1 fully saturated rings. The first-order valence-corrected chi connectivity index (χ1v) is 6.19. The van der Waals surface area contributed by atoms with E-state index in [2.05, 4.69) is 10.3 Å². The van der Waals surface area contributed by atoms with Gasteiger partial charge in [-0.3, -0.25) is 0 Å². The molecular weight excluding hydrogens is 236 g/mol. The molecule has 1 aromatic rings. The fourth-order valence-electron chi connectivity index (χ4n) is 1.94. The number of nitrogens with zero attached hydrogens (tertiary/aromatic N) is 1. The molecule has 0 saturated carbocycles.